The second kappa shape index (κ2) is 4.21. The van der Waals surface area contributed by atoms with Crippen LogP contribution in [0.1, 0.15) is 0 Å². The van der Waals surface area contributed by atoms with Gasteiger partial charge in [-0.3, -0.25) is 0 Å². The van der Waals surface area contributed by atoms with Gasteiger partial charge in [0.05, 0.1) is 0 Å². The molecule has 0 amide bonds. The molecule has 0 bridgehead atoms. The number of para-hydroxylation sites is 1. The molecule has 1 aromatic heterocycles. The normalized spacial score (nSPS) is 10.9. The summed E-state index contributed by atoms with van der Waals surface area (Å²) in [5.41, 5.74) is 1.90. The topological polar surface area (TPSA) is 13.1 Å². The Hall–Kier alpha value is -1.25. The fourth-order valence-electron chi connectivity index (χ4n) is 1.80. The monoisotopic (exact) mass is 306 g/mol. The lowest BCUT2D eigenvalue weighted by atomic mass is 10.1. The molecule has 3 aromatic rings. The molecule has 3 rings (SSSR count). The Morgan fingerprint density at radius 1 is 1.00 bits per heavy atom. The number of rotatable bonds is 1. The smallest absolute Gasteiger partial charge is 0.136 e. The van der Waals surface area contributed by atoms with Crippen molar-refractivity contribution in [2.45, 2.75) is 0 Å². The zero-order valence-corrected chi connectivity index (χ0v) is 11.1. The Kier molecular flexibility index (Phi) is 2.69. The van der Waals surface area contributed by atoms with Crippen molar-refractivity contribution in [1.82, 2.24) is 0 Å². The van der Waals surface area contributed by atoms with Crippen molar-refractivity contribution in [3.63, 3.8) is 0 Å². The van der Waals surface area contributed by atoms with Gasteiger partial charge in [0.15, 0.2) is 0 Å². The first-order valence-corrected chi connectivity index (χ1v) is 6.35. The molecule has 1 nitrogen and oxygen atoms in total. The van der Waals surface area contributed by atoms with Gasteiger partial charge in [-0.1, -0.05) is 29.8 Å². The summed E-state index contributed by atoms with van der Waals surface area (Å²) in [6.45, 7) is 0. The molecule has 0 unspecified atom stereocenters. The molecule has 0 spiro atoms. The van der Waals surface area contributed by atoms with E-state index in [2.05, 4.69) is 15.9 Å². The Morgan fingerprint density at radius 2 is 1.82 bits per heavy atom. The van der Waals surface area contributed by atoms with Crippen molar-refractivity contribution in [1.29, 1.82) is 0 Å². The Balaban J connectivity index is 2.20. The van der Waals surface area contributed by atoms with Crippen molar-refractivity contribution in [3.05, 3.63) is 58.0 Å². The van der Waals surface area contributed by atoms with E-state index in [-0.39, 0.29) is 0 Å². The lowest BCUT2D eigenvalue weighted by Gasteiger charge is -2.00. The predicted octanol–water partition coefficient (Wildman–Crippen LogP) is 5.52. The lowest BCUT2D eigenvalue weighted by molar-refractivity contribution is 0.631. The van der Waals surface area contributed by atoms with Crippen molar-refractivity contribution < 1.29 is 4.42 Å². The summed E-state index contributed by atoms with van der Waals surface area (Å²) in [5.74, 6) is 0.842. The second-order valence-electron chi connectivity index (χ2n) is 3.77. The highest BCUT2D eigenvalue weighted by atomic mass is 79.9. The molecule has 84 valence electrons. The number of furan rings is 1. The average molecular weight is 308 g/mol. The summed E-state index contributed by atoms with van der Waals surface area (Å²) in [5, 5.41) is 1.81. The minimum absolute atomic E-state index is 0.705. The van der Waals surface area contributed by atoms with E-state index in [1.807, 2.05) is 48.5 Å². The third-order valence-electron chi connectivity index (χ3n) is 2.62. The molecule has 0 aliphatic rings. The highest BCUT2D eigenvalue weighted by molar-refractivity contribution is 9.10. The van der Waals surface area contributed by atoms with Gasteiger partial charge in [0.1, 0.15) is 11.3 Å². The molecule has 0 atom stereocenters. The third-order valence-corrected chi connectivity index (χ3v) is 3.51. The van der Waals surface area contributed by atoms with E-state index in [0.717, 1.165) is 26.8 Å². The molecule has 1 heterocycles. The zero-order chi connectivity index (χ0) is 11.8. The molecular formula is C14H8BrClO. The van der Waals surface area contributed by atoms with Gasteiger partial charge in [-0.05, 0) is 46.3 Å². The average Bonchev–Trinajstić information content (AvgIpc) is 2.72. The van der Waals surface area contributed by atoms with Crippen LogP contribution in [0.2, 0.25) is 5.02 Å². The Bertz CT molecular complexity index is 655. The standard InChI is InChI=1S/C14H8BrClO/c15-12-8-10(16)5-6-11(12)14-7-9-3-1-2-4-13(9)17-14/h1-8H. The summed E-state index contributed by atoms with van der Waals surface area (Å²) in [7, 11) is 0. The summed E-state index contributed by atoms with van der Waals surface area (Å²) in [6, 6.07) is 15.7. The van der Waals surface area contributed by atoms with Crippen LogP contribution in [-0.2, 0) is 0 Å². The van der Waals surface area contributed by atoms with E-state index < -0.39 is 0 Å². The van der Waals surface area contributed by atoms with Crippen LogP contribution in [0, 0.1) is 0 Å². The number of fused-ring (bicyclic) bond motifs is 1. The van der Waals surface area contributed by atoms with Crippen molar-refractivity contribution in [2.75, 3.05) is 0 Å². The van der Waals surface area contributed by atoms with Gasteiger partial charge >= 0.3 is 0 Å². The van der Waals surface area contributed by atoms with Gasteiger partial charge in [-0.15, -0.1) is 0 Å². The second-order valence-corrected chi connectivity index (χ2v) is 5.06. The zero-order valence-electron chi connectivity index (χ0n) is 8.78. The van der Waals surface area contributed by atoms with E-state index in [0.29, 0.717) is 5.02 Å². The molecule has 3 heteroatoms. The maximum atomic E-state index is 5.92. The molecule has 0 N–H and O–H groups in total. The number of hydrogen-bond donors (Lipinski definition) is 0. The van der Waals surface area contributed by atoms with E-state index >= 15 is 0 Å². The quantitative estimate of drug-likeness (QED) is 0.577. The lowest BCUT2D eigenvalue weighted by Crippen LogP contribution is -1.76. The van der Waals surface area contributed by atoms with Crippen LogP contribution in [0.4, 0.5) is 0 Å². The fraction of sp³-hybridized carbons (Fsp3) is 0. The van der Waals surface area contributed by atoms with Crippen molar-refractivity contribution in [3.8, 4) is 11.3 Å². The van der Waals surface area contributed by atoms with E-state index in [1.54, 1.807) is 0 Å². The highest BCUT2D eigenvalue weighted by Crippen LogP contribution is 2.34. The van der Waals surface area contributed by atoms with Crippen LogP contribution in [0.15, 0.2) is 57.4 Å². The molecule has 0 fully saturated rings. The SMILES string of the molecule is Clc1ccc(-c2cc3ccccc3o2)c(Br)c1. The number of halogens is 2. The van der Waals surface area contributed by atoms with Gasteiger partial charge in [0.2, 0.25) is 0 Å². The van der Waals surface area contributed by atoms with Crippen LogP contribution in [0.3, 0.4) is 0 Å². The first kappa shape index (κ1) is 10.9. The molecule has 17 heavy (non-hydrogen) atoms. The minimum atomic E-state index is 0.705. The van der Waals surface area contributed by atoms with Crippen molar-refractivity contribution in [2.24, 2.45) is 0 Å². The Labute approximate surface area is 112 Å². The van der Waals surface area contributed by atoms with Crippen LogP contribution in [0.5, 0.6) is 0 Å². The fourth-order valence-corrected chi connectivity index (χ4v) is 2.68. The summed E-state index contributed by atoms with van der Waals surface area (Å²) in [4.78, 5) is 0. The van der Waals surface area contributed by atoms with Gasteiger partial charge in [-0.2, -0.15) is 0 Å². The van der Waals surface area contributed by atoms with Crippen LogP contribution in [-0.4, -0.2) is 0 Å². The maximum absolute atomic E-state index is 5.92. The van der Waals surface area contributed by atoms with Crippen LogP contribution < -0.4 is 0 Å². The largest absolute Gasteiger partial charge is 0.456 e. The molecule has 0 saturated heterocycles. The van der Waals surface area contributed by atoms with Gasteiger partial charge in [0, 0.05) is 20.4 Å². The van der Waals surface area contributed by atoms with Gasteiger partial charge < -0.3 is 4.42 Å². The van der Waals surface area contributed by atoms with E-state index in [4.69, 9.17) is 16.0 Å². The maximum Gasteiger partial charge on any atom is 0.136 e. The first-order chi connectivity index (χ1) is 8.24. The molecule has 0 radical (unpaired) electrons. The molecule has 0 saturated carbocycles. The highest BCUT2D eigenvalue weighted by Gasteiger charge is 2.09. The van der Waals surface area contributed by atoms with Gasteiger partial charge in [-0.25, -0.2) is 0 Å². The summed E-state index contributed by atoms with van der Waals surface area (Å²) < 4.78 is 6.74. The van der Waals surface area contributed by atoms with Crippen molar-refractivity contribution >= 4 is 38.5 Å². The van der Waals surface area contributed by atoms with E-state index in [9.17, 15) is 0 Å². The van der Waals surface area contributed by atoms with E-state index in [1.165, 1.54) is 0 Å². The molecule has 2 aromatic carbocycles. The minimum Gasteiger partial charge on any atom is -0.456 e. The van der Waals surface area contributed by atoms with Gasteiger partial charge in [0.25, 0.3) is 0 Å². The number of benzene rings is 2. The predicted molar refractivity (Wildman–Crippen MR) is 74.4 cm³/mol. The first-order valence-electron chi connectivity index (χ1n) is 5.18. The number of hydrogen-bond acceptors (Lipinski definition) is 1. The third kappa shape index (κ3) is 1.99. The summed E-state index contributed by atoms with van der Waals surface area (Å²) >= 11 is 9.42. The van der Waals surface area contributed by atoms with Crippen LogP contribution in [0.25, 0.3) is 22.3 Å². The molecule has 0 aliphatic carbocycles. The molecule has 0 aliphatic heterocycles. The summed E-state index contributed by atoms with van der Waals surface area (Å²) in [6.07, 6.45) is 0. The Morgan fingerprint density at radius 3 is 2.59 bits per heavy atom. The van der Waals surface area contributed by atoms with Crippen LogP contribution >= 0.6 is 27.5 Å². The molecular weight excluding hydrogens is 300 g/mol.